The van der Waals surface area contributed by atoms with Crippen molar-refractivity contribution in [3.05, 3.63) is 82.4 Å². The number of hydrogen-bond acceptors (Lipinski definition) is 3. The van der Waals surface area contributed by atoms with E-state index < -0.39 is 17.8 Å². The smallest absolute Gasteiger partial charge is 0.354 e. The summed E-state index contributed by atoms with van der Waals surface area (Å²) < 4.78 is 51.2. The second-order valence-electron chi connectivity index (χ2n) is 6.11. The molecule has 0 saturated heterocycles. The molecular formula is C20H14ClF4N3O. The molecule has 0 radical (unpaired) electrons. The summed E-state index contributed by atoms with van der Waals surface area (Å²) in [5.74, 6) is -0.998. The number of carbonyl (C=O) groups is 1. The fourth-order valence-corrected chi connectivity index (χ4v) is 2.71. The third-order valence-electron chi connectivity index (χ3n) is 3.97. The molecule has 150 valence electrons. The van der Waals surface area contributed by atoms with Crippen LogP contribution in [-0.2, 0) is 6.18 Å². The number of nitrogens with one attached hydrogen (secondary N) is 2. The Morgan fingerprint density at radius 2 is 1.66 bits per heavy atom. The van der Waals surface area contributed by atoms with E-state index in [0.29, 0.717) is 22.1 Å². The zero-order valence-corrected chi connectivity index (χ0v) is 15.7. The first-order valence-electron chi connectivity index (χ1n) is 8.32. The molecule has 0 aliphatic carbocycles. The summed E-state index contributed by atoms with van der Waals surface area (Å²) in [6.07, 6.45) is -4.59. The Kier molecular flexibility index (Phi) is 5.74. The van der Waals surface area contributed by atoms with Gasteiger partial charge in [-0.15, -0.1) is 0 Å². The van der Waals surface area contributed by atoms with E-state index in [4.69, 9.17) is 11.6 Å². The van der Waals surface area contributed by atoms with Gasteiger partial charge in [0.25, 0.3) is 5.91 Å². The van der Waals surface area contributed by atoms with Crippen LogP contribution in [0.3, 0.4) is 0 Å². The lowest BCUT2D eigenvalue weighted by molar-refractivity contribution is -0.141. The minimum atomic E-state index is -4.59. The summed E-state index contributed by atoms with van der Waals surface area (Å²) in [4.78, 5) is 15.9. The van der Waals surface area contributed by atoms with Crippen molar-refractivity contribution in [2.75, 3.05) is 10.6 Å². The third kappa shape index (κ3) is 5.03. The Labute approximate surface area is 168 Å². The van der Waals surface area contributed by atoms with Gasteiger partial charge in [-0.1, -0.05) is 11.6 Å². The Morgan fingerprint density at radius 3 is 2.28 bits per heavy atom. The van der Waals surface area contributed by atoms with Crippen molar-refractivity contribution in [3.63, 3.8) is 0 Å². The molecule has 0 unspecified atom stereocenters. The normalized spacial score (nSPS) is 11.2. The van der Waals surface area contributed by atoms with E-state index in [9.17, 15) is 22.4 Å². The lowest BCUT2D eigenvalue weighted by Gasteiger charge is -2.13. The van der Waals surface area contributed by atoms with Gasteiger partial charge in [0, 0.05) is 11.4 Å². The van der Waals surface area contributed by atoms with Gasteiger partial charge in [0.05, 0.1) is 22.0 Å². The number of halogens is 5. The molecule has 0 spiro atoms. The molecule has 1 amide bonds. The number of aryl methyl sites for hydroxylation is 1. The number of hydrogen-bond donors (Lipinski definition) is 2. The molecule has 0 aliphatic heterocycles. The highest BCUT2D eigenvalue weighted by molar-refractivity contribution is 6.33. The number of aromatic nitrogens is 1. The van der Waals surface area contributed by atoms with Crippen LogP contribution in [0.1, 0.15) is 21.7 Å². The summed E-state index contributed by atoms with van der Waals surface area (Å²) in [7, 11) is 0. The fourth-order valence-electron chi connectivity index (χ4n) is 2.54. The van der Waals surface area contributed by atoms with Crippen molar-refractivity contribution in [1.29, 1.82) is 0 Å². The number of pyridine rings is 1. The molecule has 0 saturated carbocycles. The highest BCUT2D eigenvalue weighted by atomic mass is 35.5. The number of alkyl halides is 3. The van der Waals surface area contributed by atoms with E-state index in [1.54, 1.807) is 18.2 Å². The van der Waals surface area contributed by atoms with Crippen LogP contribution in [0.5, 0.6) is 0 Å². The molecule has 3 rings (SSSR count). The van der Waals surface area contributed by atoms with Gasteiger partial charge in [-0.25, -0.2) is 9.37 Å². The number of carbonyl (C=O) groups excluding carboxylic acids is 1. The number of anilines is 3. The Morgan fingerprint density at radius 1 is 1.00 bits per heavy atom. The van der Waals surface area contributed by atoms with Crippen molar-refractivity contribution in [1.82, 2.24) is 4.98 Å². The Hall–Kier alpha value is -3.13. The summed E-state index contributed by atoms with van der Waals surface area (Å²) >= 11 is 6.15. The topological polar surface area (TPSA) is 54.0 Å². The average molecular weight is 424 g/mol. The number of amides is 1. The maximum absolute atomic E-state index is 13.0. The van der Waals surface area contributed by atoms with Gasteiger partial charge in [0.15, 0.2) is 0 Å². The van der Waals surface area contributed by atoms with Crippen LogP contribution in [0.15, 0.2) is 54.6 Å². The lowest BCUT2D eigenvalue weighted by Crippen LogP contribution is -2.16. The standard InChI is InChI=1S/C20H14ClF4N3O/c1-11-15(7-9-18(26-11)20(23,24)25)19(29)28-14-6-8-16(21)17(10-14)27-13-4-2-12(22)3-5-13/h2-10,27H,1H3,(H,28,29). The third-order valence-corrected chi connectivity index (χ3v) is 4.30. The average Bonchev–Trinajstić information content (AvgIpc) is 2.65. The van der Waals surface area contributed by atoms with Crippen molar-refractivity contribution in [3.8, 4) is 0 Å². The molecule has 2 aromatic carbocycles. The molecule has 0 fully saturated rings. The molecule has 0 atom stereocenters. The molecular weight excluding hydrogens is 410 g/mol. The summed E-state index contributed by atoms with van der Waals surface area (Å²) in [5.41, 5.74) is 0.307. The molecule has 2 N–H and O–H groups in total. The van der Waals surface area contributed by atoms with Crippen molar-refractivity contribution < 1.29 is 22.4 Å². The van der Waals surface area contributed by atoms with Crippen LogP contribution in [0.2, 0.25) is 5.02 Å². The monoisotopic (exact) mass is 423 g/mol. The molecule has 29 heavy (non-hydrogen) atoms. The van der Waals surface area contributed by atoms with E-state index in [1.165, 1.54) is 31.2 Å². The SMILES string of the molecule is Cc1nc(C(F)(F)F)ccc1C(=O)Nc1ccc(Cl)c(Nc2ccc(F)cc2)c1. The van der Waals surface area contributed by atoms with Crippen LogP contribution in [0, 0.1) is 12.7 Å². The number of rotatable bonds is 4. The van der Waals surface area contributed by atoms with Gasteiger partial charge in [-0.2, -0.15) is 13.2 Å². The summed E-state index contributed by atoms with van der Waals surface area (Å²) in [6, 6.07) is 12.1. The van der Waals surface area contributed by atoms with Crippen LogP contribution >= 0.6 is 11.6 Å². The zero-order chi connectivity index (χ0) is 21.2. The summed E-state index contributed by atoms with van der Waals surface area (Å²) in [5, 5.41) is 5.96. The van der Waals surface area contributed by atoms with Crippen molar-refractivity contribution in [2.24, 2.45) is 0 Å². The highest BCUT2D eigenvalue weighted by Gasteiger charge is 2.33. The van der Waals surface area contributed by atoms with Gasteiger partial charge in [-0.3, -0.25) is 4.79 Å². The second-order valence-corrected chi connectivity index (χ2v) is 6.52. The van der Waals surface area contributed by atoms with Crippen LogP contribution in [-0.4, -0.2) is 10.9 Å². The highest BCUT2D eigenvalue weighted by Crippen LogP contribution is 2.30. The van der Waals surface area contributed by atoms with Crippen LogP contribution < -0.4 is 10.6 Å². The second kappa shape index (κ2) is 8.08. The fraction of sp³-hybridized carbons (Fsp3) is 0.100. The predicted molar refractivity (Wildman–Crippen MR) is 103 cm³/mol. The minimum absolute atomic E-state index is 0.0148. The molecule has 1 heterocycles. The number of benzene rings is 2. The van der Waals surface area contributed by atoms with Crippen LogP contribution in [0.25, 0.3) is 0 Å². The maximum atomic E-state index is 13.0. The van der Waals surface area contributed by atoms with E-state index in [1.807, 2.05) is 0 Å². The zero-order valence-electron chi connectivity index (χ0n) is 14.9. The van der Waals surface area contributed by atoms with Crippen molar-refractivity contribution in [2.45, 2.75) is 13.1 Å². The minimum Gasteiger partial charge on any atom is -0.354 e. The van der Waals surface area contributed by atoms with Gasteiger partial charge < -0.3 is 10.6 Å². The maximum Gasteiger partial charge on any atom is 0.433 e. The summed E-state index contributed by atoms with van der Waals surface area (Å²) in [6.45, 7) is 1.33. The van der Waals surface area contributed by atoms with Gasteiger partial charge in [0.1, 0.15) is 11.5 Å². The van der Waals surface area contributed by atoms with Gasteiger partial charge >= 0.3 is 6.18 Å². The van der Waals surface area contributed by atoms with Gasteiger partial charge in [-0.05, 0) is 61.5 Å². The molecule has 4 nitrogen and oxygen atoms in total. The van der Waals surface area contributed by atoms with Gasteiger partial charge in [0.2, 0.25) is 0 Å². The first kappa shape index (κ1) is 20.6. The Balaban J connectivity index is 1.79. The van der Waals surface area contributed by atoms with E-state index in [2.05, 4.69) is 15.6 Å². The van der Waals surface area contributed by atoms with Crippen molar-refractivity contribution >= 4 is 34.6 Å². The predicted octanol–water partition coefficient (Wildman–Crippen LogP) is 6.20. The van der Waals surface area contributed by atoms with E-state index >= 15 is 0 Å². The van der Waals surface area contributed by atoms with E-state index in [0.717, 1.165) is 12.1 Å². The molecule has 3 aromatic rings. The quantitative estimate of drug-likeness (QED) is 0.491. The largest absolute Gasteiger partial charge is 0.433 e. The van der Waals surface area contributed by atoms with E-state index in [-0.39, 0.29) is 17.1 Å². The number of nitrogens with zero attached hydrogens (tertiary/aromatic N) is 1. The lowest BCUT2D eigenvalue weighted by atomic mass is 10.1. The first-order valence-corrected chi connectivity index (χ1v) is 8.69. The molecule has 0 bridgehead atoms. The first-order chi connectivity index (χ1) is 13.6. The molecule has 9 heteroatoms. The Bertz CT molecular complexity index is 1050. The van der Waals surface area contributed by atoms with Crippen LogP contribution in [0.4, 0.5) is 34.6 Å². The molecule has 1 aromatic heterocycles. The molecule has 0 aliphatic rings.